The van der Waals surface area contributed by atoms with Crippen LogP contribution in [-0.2, 0) is 23.9 Å². The number of esters is 2. The first-order valence-electron chi connectivity index (χ1n) is 15.4. The van der Waals surface area contributed by atoms with Crippen molar-refractivity contribution in [3.63, 3.8) is 0 Å². The number of ether oxygens (including phenoxy) is 2. The third kappa shape index (κ3) is 3.71. The van der Waals surface area contributed by atoms with E-state index in [0.717, 1.165) is 57.8 Å². The van der Waals surface area contributed by atoms with Crippen molar-refractivity contribution in [3.8, 4) is 0 Å². The van der Waals surface area contributed by atoms with Crippen LogP contribution in [0.15, 0.2) is 0 Å². The highest BCUT2D eigenvalue weighted by Gasteiger charge is 2.75. The number of ketones is 1. The molecular weight excluding hydrogens is 492 g/mol. The van der Waals surface area contributed by atoms with Crippen molar-refractivity contribution in [2.75, 3.05) is 7.11 Å². The number of Topliss-reactive ketones (excluding diaryl/α,β-unsaturated/α-hetero) is 1. The Morgan fingerprint density at radius 1 is 0.872 bits per heavy atom. The Morgan fingerprint density at radius 2 is 1.51 bits per heavy atom. The number of hydrogen-bond acceptors (Lipinski definition) is 6. The van der Waals surface area contributed by atoms with Gasteiger partial charge in [0, 0.05) is 24.2 Å². The molecule has 0 aromatic heterocycles. The molecule has 0 aromatic carbocycles. The zero-order chi connectivity index (χ0) is 29.0. The quantitative estimate of drug-likeness (QED) is 0.421. The number of methoxy groups -OCH3 is 1. The molecule has 5 saturated carbocycles. The lowest BCUT2D eigenvalue weighted by Crippen LogP contribution is -2.73. The summed E-state index contributed by atoms with van der Waals surface area (Å²) in [5.74, 6) is -0.807. The minimum atomic E-state index is -1.08. The molecule has 0 saturated heterocycles. The van der Waals surface area contributed by atoms with Gasteiger partial charge in [-0.2, -0.15) is 0 Å². The number of aliphatic hydroxyl groups is 1. The molecule has 0 aromatic rings. The van der Waals surface area contributed by atoms with Crippen LogP contribution in [0.4, 0.5) is 0 Å². The molecule has 1 N–H and O–H groups in total. The van der Waals surface area contributed by atoms with Gasteiger partial charge in [0.25, 0.3) is 0 Å². The lowest BCUT2D eigenvalue weighted by atomic mass is 9.30. The molecule has 0 amide bonds. The smallest absolute Gasteiger partial charge is 0.312 e. The fourth-order valence-electron chi connectivity index (χ4n) is 11.7. The normalized spacial score (nSPS) is 49.9. The van der Waals surface area contributed by atoms with E-state index >= 15 is 0 Å². The minimum Gasteiger partial charge on any atom is -0.469 e. The van der Waals surface area contributed by atoms with Gasteiger partial charge in [0.05, 0.1) is 12.5 Å². The Labute approximate surface area is 235 Å². The lowest BCUT2D eigenvalue weighted by molar-refractivity contribution is -0.264. The Hall–Kier alpha value is -1.43. The number of fused-ring (bicyclic) bond motifs is 7. The third-order valence-electron chi connectivity index (χ3n) is 13.8. The average molecular weight is 545 g/mol. The molecule has 5 aliphatic rings. The molecule has 0 bridgehead atoms. The molecule has 5 unspecified atom stereocenters. The Balaban J connectivity index is 1.59. The summed E-state index contributed by atoms with van der Waals surface area (Å²) in [7, 11) is 1.48. The van der Waals surface area contributed by atoms with E-state index in [1.807, 2.05) is 0 Å². The van der Waals surface area contributed by atoms with Crippen molar-refractivity contribution >= 4 is 17.7 Å². The van der Waals surface area contributed by atoms with Crippen LogP contribution in [0, 0.1) is 56.2 Å². The molecule has 5 aliphatic carbocycles. The summed E-state index contributed by atoms with van der Waals surface area (Å²) in [4.78, 5) is 40.0. The van der Waals surface area contributed by atoms with Gasteiger partial charge in [0.15, 0.2) is 5.78 Å². The molecule has 10 atom stereocenters. The molecule has 6 nitrogen and oxygen atoms in total. The van der Waals surface area contributed by atoms with Crippen molar-refractivity contribution < 1.29 is 29.0 Å². The van der Waals surface area contributed by atoms with Crippen LogP contribution in [0.5, 0.6) is 0 Å². The van der Waals surface area contributed by atoms with Crippen LogP contribution < -0.4 is 0 Å². The molecule has 5 rings (SSSR count). The molecule has 0 spiro atoms. The zero-order valence-electron chi connectivity index (χ0n) is 25.8. The van der Waals surface area contributed by atoms with Crippen LogP contribution in [0.1, 0.15) is 113 Å². The van der Waals surface area contributed by atoms with Crippen molar-refractivity contribution in [1.82, 2.24) is 0 Å². The van der Waals surface area contributed by atoms with Crippen LogP contribution in [0.3, 0.4) is 0 Å². The highest BCUT2D eigenvalue weighted by atomic mass is 16.5. The van der Waals surface area contributed by atoms with Gasteiger partial charge in [-0.05, 0) is 91.3 Å². The van der Waals surface area contributed by atoms with Gasteiger partial charge in [-0.3, -0.25) is 14.4 Å². The van der Waals surface area contributed by atoms with E-state index in [1.54, 1.807) is 0 Å². The minimum absolute atomic E-state index is 0.0158. The predicted octanol–water partition coefficient (Wildman–Crippen LogP) is 6.12. The van der Waals surface area contributed by atoms with Gasteiger partial charge in [0.1, 0.15) is 12.2 Å². The van der Waals surface area contributed by atoms with E-state index in [1.165, 1.54) is 14.0 Å². The van der Waals surface area contributed by atoms with Gasteiger partial charge in [0.2, 0.25) is 0 Å². The topological polar surface area (TPSA) is 89.9 Å². The van der Waals surface area contributed by atoms with Crippen molar-refractivity contribution in [2.45, 2.75) is 125 Å². The zero-order valence-corrected chi connectivity index (χ0v) is 25.8. The molecule has 220 valence electrons. The second-order valence-corrected chi connectivity index (χ2v) is 16.3. The summed E-state index contributed by atoms with van der Waals surface area (Å²) in [6.07, 6.45) is 6.28. The van der Waals surface area contributed by atoms with Gasteiger partial charge in [-0.15, -0.1) is 0 Å². The van der Waals surface area contributed by atoms with Gasteiger partial charge in [-0.25, -0.2) is 0 Å². The first-order valence-corrected chi connectivity index (χ1v) is 15.4. The second kappa shape index (κ2) is 8.79. The molecule has 39 heavy (non-hydrogen) atoms. The number of carbonyl (C=O) groups is 3. The largest absolute Gasteiger partial charge is 0.469 e. The number of hydrogen-bond donors (Lipinski definition) is 1. The second-order valence-electron chi connectivity index (χ2n) is 16.3. The van der Waals surface area contributed by atoms with Crippen molar-refractivity contribution in [1.29, 1.82) is 0 Å². The van der Waals surface area contributed by atoms with Gasteiger partial charge < -0.3 is 14.6 Å². The maximum absolute atomic E-state index is 14.6. The number of carbonyl (C=O) groups excluding carboxylic acids is 3. The summed E-state index contributed by atoms with van der Waals surface area (Å²) < 4.78 is 11.3. The fourth-order valence-corrected chi connectivity index (χ4v) is 11.7. The first kappa shape index (κ1) is 29.1. The number of aliphatic hydroxyl groups excluding tert-OH is 1. The third-order valence-corrected chi connectivity index (χ3v) is 13.8. The molecular formula is C33H52O6. The average Bonchev–Trinajstić information content (AvgIpc) is 2.83. The lowest BCUT2D eigenvalue weighted by Gasteiger charge is -2.73. The standard InChI is InChI=1S/C33H52O6/c1-19(34)39-22-11-12-30(6)21(29(22,4)5)10-13-32(8)26(30)25(36)24(35)23-20-18-28(2,3)14-16-33(20,27(37)38-9)17-15-31(23,32)7/h20-24,26,35H,10-18H2,1-9H3/t20?,21?,22-,23?,24?,26?,30-,31+,32+,33-/m0/s1. The van der Waals surface area contributed by atoms with Crippen LogP contribution in [-0.4, -0.2) is 42.1 Å². The molecule has 0 heterocycles. The van der Waals surface area contributed by atoms with Gasteiger partial charge >= 0.3 is 11.9 Å². The van der Waals surface area contributed by atoms with E-state index < -0.39 is 11.5 Å². The highest BCUT2D eigenvalue weighted by molar-refractivity contribution is 5.89. The monoisotopic (exact) mass is 544 g/mol. The first-order chi connectivity index (χ1) is 17.9. The summed E-state index contributed by atoms with van der Waals surface area (Å²) in [6.45, 7) is 17.4. The maximum Gasteiger partial charge on any atom is 0.312 e. The SMILES string of the molecule is COC(=O)[C@]12CCC(C)(C)CC1C1C(O)C(=O)C3[C@@]4(C)CC[C@H](OC(C)=O)C(C)(C)C4CC[C@@]3(C)[C@]1(C)CC2. The Bertz CT molecular complexity index is 1060. The predicted molar refractivity (Wildman–Crippen MR) is 148 cm³/mol. The molecule has 0 radical (unpaired) electrons. The van der Waals surface area contributed by atoms with E-state index in [4.69, 9.17) is 9.47 Å². The highest BCUT2D eigenvalue weighted by Crippen LogP contribution is 2.76. The fraction of sp³-hybridized carbons (Fsp3) is 0.909. The van der Waals surface area contributed by atoms with E-state index in [0.29, 0.717) is 0 Å². The van der Waals surface area contributed by atoms with Crippen molar-refractivity contribution in [2.24, 2.45) is 56.2 Å². The molecule has 5 fully saturated rings. The molecule has 6 heteroatoms. The summed E-state index contributed by atoms with van der Waals surface area (Å²) in [5, 5.41) is 12.1. The Kier molecular flexibility index (Phi) is 6.55. The van der Waals surface area contributed by atoms with Gasteiger partial charge in [-0.1, -0.05) is 48.5 Å². The van der Waals surface area contributed by atoms with E-state index in [9.17, 15) is 19.5 Å². The Morgan fingerprint density at radius 3 is 2.13 bits per heavy atom. The van der Waals surface area contributed by atoms with E-state index in [-0.39, 0.29) is 74.6 Å². The van der Waals surface area contributed by atoms with Crippen LogP contribution >= 0.6 is 0 Å². The maximum atomic E-state index is 14.6. The van der Waals surface area contributed by atoms with E-state index in [2.05, 4.69) is 48.5 Å². The van der Waals surface area contributed by atoms with Crippen LogP contribution in [0.25, 0.3) is 0 Å². The van der Waals surface area contributed by atoms with Crippen LogP contribution in [0.2, 0.25) is 0 Å². The number of rotatable bonds is 2. The summed E-state index contributed by atoms with van der Waals surface area (Å²) in [5.41, 5.74) is -1.68. The molecule has 0 aliphatic heterocycles. The van der Waals surface area contributed by atoms with Crippen molar-refractivity contribution in [3.05, 3.63) is 0 Å². The summed E-state index contributed by atoms with van der Waals surface area (Å²) in [6, 6.07) is 0. The summed E-state index contributed by atoms with van der Waals surface area (Å²) >= 11 is 0.